The first-order valence-electron chi connectivity index (χ1n) is 10.4. The number of anilines is 3. The zero-order chi connectivity index (χ0) is 25.4. The molecule has 2 amide bonds. The lowest BCUT2D eigenvalue weighted by atomic mass is 10.1. The number of halogens is 4. The van der Waals surface area contributed by atoms with Crippen LogP contribution in [0.25, 0.3) is 0 Å². The lowest BCUT2D eigenvalue weighted by Gasteiger charge is -2.17. The van der Waals surface area contributed by atoms with E-state index in [1.165, 1.54) is 18.3 Å². The molecule has 8 nitrogen and oxygen atoms in total. The van der Waals surface area contributed by atoms with Crippen LogP contribution < -0.4 is 21.7 Å². The molecule has 35 heavy (non-hydrogen) atoms. The fourth-order valence-corrected chi connectivity index (χ4v) is 4.12. The number of benzene rings is 1. The number of nitrogen functional groups attached to an aromatic ring is 1. The van der Waals surface area contributed by atoms with E-state index in [2.05, 4.69) is 25.9 Å². The predicted molar refractivity (Wildman–Crippen MR) is 121 cm³/mol. The molecule has 13 heteroatoms. The minimum absolute atomic E-state index is 0.0492. The normalized spacial score (nSPS) is 14.3. The number of thiazole rings is 1. The molecule has 2 aromatic heterocycles. The maximum Gasteiger partial charge on any atom is 0.418 e. The highest BCUT2D eigenvalue weighted by Gasteiger charge is 2.51. The van der Waals surface area contributed by atoms with Crippen molar-refractivity contribution in [3.8, 4) is 0 Å². The summed E-state index contributed by atoms with van der Waals surface area (Å²) in [5.41, 5.74) is 4.35. The third-order valence-corrected chi connectivity index (χ3v) is 6.36. The number of aryl methyl sites for hydroxylation is 1. The third-order valence-electron chi connectivity index (χ3n) is 5.38. The van der Waals surface area contributed by atoms with Gasteiger partial charge < -0.3 is 21.7 Å². The number of alkyl halides is 3. The maximum absolute atomic E-state index is 13.3. The summed E-state index contributed by atoms with van der Waals surface area (Å²) in [6, 6.07) is 5.35. The van der Waals surface area contributed by atoms with Crippen molar-refractivity contribution in [3.63, 3.8) is 0 Å². The molecule has 0 unspecified atom stereocenters. The molecule has 5 N–H and O–H groups in total. The maximum atomic E-state index is 13.3. The monoisotopic (exact) mass is 508 g/mol. The van der Waals surface area contributed by atoms with Gasteiger partial charge in [-0.25, -0.2) is 9.37 Å². The van der Waals surface area contributed by atoms with Gasteiger partial charge in [-0.05, 0) is 50.1 Å². The number of hydrogen-bond acceptors (Lipinski definition) is 7. The highest BCUT2D eigenvalue weighted by atomic mass is 32.1. The van der Waals surface area contributed by atoms with Gasteiger partial charge in [0.25, 0.3) is 5.91 Å². The van der Waals surface area contributed by atoms with Crippen LogP contribution in [0.2, 0.25) is 0 Å². The molecule has 1 saturated carbocycles. The van der Waals surface area contributed by atoms with Gasteiger partial charge in [-0.1, -0.05) is 11.3 Å². The van der Waals surface area contributed by atoms with Crippen molar-refractivity contribution < 1.29 is 27.2 Å². The van der Waals surface area contributed by atoms with Crippen molar-refractivity contribution in [1.82, 2.24) is 20.6 Å². The number of amides is 2. The molecule has 1 aliphatic carbocycles. The van der Waals surface area contributed by atoms with E-state index in [1.54, 1.807) is 6.92 Å². The van der Waals surface area contributed by atoms with Gasteiger partial charge in [0.2, 0.25) is 5.91 Å². The van der Waals surface area contributed by atoms with E-state index in [9.17, 15) is 27.2 Å². The Morgan fingerprint density at radius 2 is 1.94 bits per heavy atom. The van der Waals surface area contributed by atoms with Crippen LogP contribution in [0.1, 0.15) is 39.5 Å². The molecule has 0 saturated heterocycles. The Hall–Kier alpha value is -3.74. The zero-order valence-electron chi connectivity index (χ0n) is 18.3. The van der Waals surface area contributed by atoms with Crippen molar-refractivity contribution in [2.75, 3.05) is 11.1 Å². The number of pyridine rings is 1. The van der Waals surface area contributed by atoms with E-state index >= 15 is 0 Å². The second kappa shape index (κ2) is 9.13. The number of aromatic nitrogens is 2. The topological polar surface area (TPSA) is 122 Å². The molecule has 0 aliphatic heterocycles. The average Bonchev–Trinajstić information content (AvgIpc) is 3.49. The van der Waals surface area contributed by atoms with Crippen LogP contribution in [0.5, 0.6) is 0 Å². The minimum atomic E-state index is -4.73. The summed E-state index contributed by atoms with van der Waals surface area (Å²) in [7, 11) is 0. The van der Waals surface area contributed by atoms with Gasteiger partial charge in [-0.2, -0.15) is 13.2 Å². The number of hydrogen-bond donors (Lipinski definition) is 4. The number of nitrogens with two attached hydrogens (primary N) is 1. The standard InChI is InChI=1S/C22H20F4N6O2S/c1-11-17(35-20(27)30-11)18(33)32-21(6-7-21)19(34)29-9-13-3-4-14(10-28-13)31-16-5-2-12(23)8-15(16)22(24,25)26/h2-5,8,10,31H,6-7,9H2,1H3,(H2,27,30)(H,29,34)(H,32,33). The van der Waals surface area contributed by atoms with Crippen LogP contribution >= 0.6 is 11.3 Å². The van der Waals surface area contributed by atoms with Gasteiger partial charge in [-0.15, -0.1) is 0 Å². The van der Waals surface area contributed by atoms with Crippen LogP contribution in [-0.4, -0.2) is 27.3 Å². The fraction of sp³-hybridized carbons (Fsp3) is 0.273. The lowest BCUT2D eigenvalue weighted by Crippen LogP contribution is -2.48. The van der Waals surface area contributed by atoms with Crippen LogP contribution in [-0.2, 0) is 17.5 Å². The van der Waals surface area contributed by atoms with Crippen molar-refractivity contribution in [3.05, 3.63) is 64.2 Å². The Balaban J connectivity index is 1.35. The van der Waals surface area contributed by atoms with E-state index in [0.717, 1.165) is 23.5 Å². The van der Waals surface area contributed by atoms with Gasteiger partial charge in [0.05, 0.1) is 41.1 Å². The van der Waals surface area contributed by atoms with Crippen molar-refractivity contribution >= 4 is 39.7 Å². The number of nitrogens with zero attached hydrogens (tertiary/aromatic N) is 2. The van der Waals surface area contributed by atoms with Crippen molar-refractivity contribution in [2.45, 2.75) is 38.0 Å². The van der Waals surface area contributed by atoms with Crippen LogP contribution in [0.4, 0.5) is 34.1 Å². The molecular weight excluding hydrogens is 488 g/mol. The molecule has 0 radical (unpaired) electrons. The molecule has 1 aromatic carbocycles. The lowest BCUT2D eigenvalue weighted by molar-refractivity contribution is -0.137. The Morgan fingerprint density at radius 1 is 1.20 bits per heavy atom. The predicted octanol–water partition coefficient (Wildman–Crippen LogP) is 3.91. The van der Waals surface area contributed by atoms with E-state index in [-0.39, 0.29) is 29.0 Å². The molecular formula is C22H20F4N6O2S. The van der Waals surface area contributed by atoms with Crippen molar-refractivity contribution in [1.29, 1.82) is 0 Å². The first-order chi connectivity index (χ1) is 16.5. The quantitative estimate of drug-likeness (QED) is 0.359. The molecule has 1 aliphatic rings. The molecule has 0 bridgehead atoms. The summed E-state index contributed by atoms with van der Waals surface area (Å²) >= 11 is 1.04. The molecule has 2 heterocycles. The van der Waals surface area contributed by atoms with E-state index in [4.69, 9.17) is 5.73 Å². The zero-order valence-corrected chi connectivity index (χ0v) is 19.1. The molecule has 4 rings (SSSR count). The molecule has 1 fully saturated rings. The van der Waals surface area contributed by atoms with E-state index in [0.29, 0.717) is 35.2 Å². The van der Waals surface area contributed by atoms with Crippen molar-refractivity contribution in [2.24, 2.45) is 0 Å². The third kappa shape index (κ3) is 5.50. The Morgan fingerprint density at radius 3 is 2.51 bits per heavy atom. The van der Waals surface area contributed by atoms with Gasteiger partial charge in [0.1, 0.15) is 16.2 Å². The largest absolute Gasteiger partial charge is 0.418 e. The highest BCUT2D eigenvalue weighted by Crippen LogP contribution is 2.37. The first-order valence-corrected chi connectivity index (χ1v) is 11.2. The van der Waals surface area contributed by atoms with E-state index < -0.39 is 29.0 Å². The smallest absolute Gasteiger partial charge is 0.375 e. The second-order valence-electron chi connectivity index (χ2n) is 8.04. The van der Waals surface area contributed by atoms with Gasteiger partial charge in [0, 0.05) is 0 Å². The average molecular weight is 509 g/mol. The molecule has 0 spiro atoms. The number of nitrogens with one attached hydrogen (secondary N) is 3. The number of carbonyl (C=O) groups is 2. The summed E-state index contributed by atoms with van der Waals surface area (Å²) in [4.78, 5) is 33.7. The fourth-order valence-electron chi connectivity index (χ4n) is 3.39. The summed E-state index contributed by atoms with van der Waals surface area (Å²) in [5, 5.41) is 8.31. The first kappa shape index (κ1) is 24.4. The molecule has 0 atom stereocenters. The van der Waals surface area contributed by atoms with Crippen LogP contribution in [0, 0.1) is 12.7 Å². The van der Waals surface area contributed by atoms with Crippen LogP contribution in [0.15, 0.2) is 36.5 Å². The SMILES string of the molecule is Cc1nc(N)sc1C(=O)NC1(C(=O)NCc2ccc(Nc3ccc(F)cc3C(F)(F)F)cn2)CC1. The minimum Gasteiger partial charge on any atom is -0.375 e. The summed E-state index contributed by atoms with van der Waals surface area (Å²) in [5.74, 6) is -1.79. The highest BCUT2D eigenvalue weighted by molar-refractivity contribution is 7.17. The van der Waals surface area contributed by atoms with Gasteiger partial charge >= 0.3 is 6.18 Å². The molecule has 3 aromatic rings. The van der Waals surface area contributed by atoms with Gasteiger partial charge in [-0.3, -0.25) is 14.6 Å². The molecule has 184 valence electrons. The Labute approximate surface area is 201 Å². The number of carbonyl (C=O) groups excluding carboxylic acids is 2. The van der Waals surface area contributed by atoms with E-state index in [1.807, 2.05) is 0 Å². The number of rotatable bonds is 7. The summed E-state index contributed by atoms with van der Waals surface area (Å²) < 4.78 is 52.8. The summed E-state index contributed by atoms with van der Waals surface area (Å²) in [6.45, 7) is 1.71. The Bertz CT molecular complexity index is 1270. The summed E-state index contributed by atoms with van der Waals surface area (Å²) in [6.07, 6.45) is -2.47. The van der Waals surface area contributed by atoms with Crippen LogP contribution in [0.3, 0.4) is 0 Å². The van der Waals surface area contributed by atoms with Gasteiger partial charge in [0.15, 0.2) is 5.13 Å². The second-order valence-corrected chi connectivity index (χ2v) is 9.07. The Kier molecular flexibility index (Phi) is 6.36.